The maximum Gasteiger partial charge on any atom is 0.272 e. The Kier molecular flexibility index (Phi) is 8.91. The molecule has 37 heavy (non-hydrogen) atoms. The maximum atomic E-state index is 13.2. The highest BCUT2D eigenvalue weighted by atomic mass is 32.2. The van der Waals surface area contributed by atoms with Crippen molar-refractivity contribution in [2.75, 3.05) is 18.2 Å². The number of thiophene rings is 1. The molecule has 0 aliphatic heterocycles. The first-order valence-electron chi connectivity index (χ1n) is 11.3. The van der Waals surface area contributed by atoms with Crippen molar-refractivity contribution in [1.29, 1.82) is 0 Å². The zero-order valence-corrected chi connectivity index (χ0v) is 21.6. The van der Waals surface area contributed by atoms with Crippen LogP contribution in [0.5, 0.6) is 5.75 Å². The topological polar surface area (TPSA) is 84.5 Å². The van der Waals surface area contributed by atoms with Crippen LogP contribution in [0.3, 0.4) is 0 Å². The van der Waals surface area contributed by atoms with Crippen LogP contribution in [0.1, 0.15) is 26.3 Å². The lowest BCUT2D eigenvalue weighted by Crippen LogP contribution is -2.30. The van der Waals surface area contributed by atoms with E-state index < -0.39 is 5.91 Å². The molecular formula is C29H24N2O4S2. The third kappa shape index (κ3) is 7.19. The summed E-state index contributed by atoms with van der Waals surface area (Å²) in [7, 11) is 1.54. The van der Waals surface area contributed by atoms with Crippen LogP contribution < -0.4 is 15.4 Å². The molecular weight excluding hydrogens is 504 g/mol. The molecule has 0 aliphatic carbocycles. The first-order valence-corrected chi connectivity index (χ1v) is 13.3. The minimum Gasteiger partial charge on any atom is -0.496 e. The first-order chi connectivity index (χ1) is 18.0. The number of amides is 2. The lowest BCUT2D eigenvalue weighted by molar-refractivity contribution is -0.113. The van der Waals surface area contributed by atoms with Crippen LogP contribution in [-0.4, -0.2) is 30.5 Å². The van der Waals surface area contributed by atoms with Gasteiger partial charge in [-0.25, -0.2) is 0 Å². The number of ketones is 1. The van der Waals surface area contributed by atoms with Crippen molar-refractivity contribution in [2.24, 2.45) is 0 Å². The van der Waals surface area contributed by atoms with E-state index in [9.17, 15) is 14.4 Å². The number of Topliss-reactive ketones (excluding diaryl/α,β-unsaturated/α-hetero) is 1. The Labute approximate surface area is 223 Å². The van der Waals surface area contributed by atoms with Crippen LogP contribution in [0.2, 0.25) is 0 Å². The van der Waals surface area contributed by atoms with Gasteiger partial charge in [-0.3, -0.25) is 14.4 Å². The van der Waals surface area contributed by atoms with Crippen LogP contribution in [0.4, 0.5) is 5.69 Å². The van der Waals surface area contributed by atoms with Crippen molar-refractivity contribution in [3.63, 3.8) is 0 Å². The molecule has 0 radical (unpaired) electrons. The molecule has 0 bridgehead atoms. The van der Waals surface area contributed by atoms with E-state index in [1.807, 2.05) is 35.0 Å². The van der Waals surface area contributed by atoms with Crippen molar-refractivity contribution in [1.82, 2.24) is 5.32 Å². The summed E-state index contributed by atoms with van der Waals surface area (Å²) >= 11 is 2.86. The molecule has 1 heterocycles. The molecule has 0 unspecified atom stereocenters. The predicted octanol–water partition coefficient (Wildman–Crippen LogP) is 6.14. The fraction of sp³-hybridized carbons (Fsp3) is 0.0690. The SMILES string of the molecule is COc1ccccc1C(=O)CSc1cccc(NC(=O)/C(=C/c2ccsc2)NC(=O)c2ccccc2)c1. The molecule has 4 aromatic rings. The number of benzene rings is 3. The number of methoxy groups -OCH3 is 1. The van der Waals surface area contributed by atoms with E-state index >= 15 is 0 Å². The fourth-order valence-corrected chi connectivity index (χ4v) is 4.89. The van der Waals surface area contributed by atoms with E-state index in [1.165, 1.54) is 30.2 Å². The zero-order chi connectivity index (χ0) is 26.0. The summed E-state index contributed by atoms with van der Waals surface area (Å²) in [6, 6.07) is 24.9. The van der Waals surface area contributed by atoms with E-state index in [1.54, 1.807) is 66.7 Å². The van der Waals surface area contributed by atoms with E-state index in [0.29, 0.717) is 22.6 Å². The van der Waals surface area contributed by atoms with Gasteiger partial charge in [-0.1, -0.05) is 36.4 Å². The van der Waals surface area contributed by atoms with E-state index in [-0.39, 0.29) is 23.1 Å². The van der Waals surface area contributed by atoms with Gasteiger partial charge in [-0.05, 0) is 70.9 Å². The normalized spacial score (nSPS) is 11.0. The molecule has 0 atom stereocenters. The Morgan fingerprint density at radius 2 is 1.73 bits per heavy atom. The molecule has 2 N–H and O–H groups in total. The van der Waals surface area contributed by atoms with E-state index in [0.717, 1.165) is 10.5 Å². The van der Waals surface area contributed by atoms with Crippen LogP contribution in [0.25, 0.3) is 6.08 Å². The number of carbonyl (C=O) groups excluding carboxylic acids is 3. The lowest BCUT2D eigenvalue weighted by atomic mass is 10.1. The molecule has 0 fully saturated rings. The van der Waals surface area contributed by atoms with Gasteiger partial charge in [0.1, 0.15) is 11.4 Å². The molecule has 0 saturated heterocycles. The summed E-state index contributed by atoms with van der Waals surface area (Å²) < 4.78 is 5.28. The Hall–Kier alpha value is -4.14. The van der Waals surface area contributed by atoms with Crippen LogP contribution in [0.15, 0.2) is 106 Å². The second-order valence-corrected chi connectivity index (χ2v) is 9.66. The first kappa shape index (κ1) is 25.9. The maximum absolute atomic E-state index is 13.2. The molecule has 3 aromatic carbocycles. The van der Waals surface area contributed by atoms with Crippen molar-refractivity contribution in [3.05, 3.63) is 118 Å². The van der Waals surface area contributed by atoms with E-state index in [4.69, 9.17) is 4.74 Å². The van der Waals surface area contributed by atoms with Crippen molar-refractivity contribution in [3.8, 4) is 5.75 Å². The Balaban J connectivity index is 1.45. The number of rotatable bonds is 10. The third-order valence-electron chi connectivity index (χ3n) is 5.25. The predicted molar refractivity (Wildman–Crippen MR) is 149 cm³/mol. The number of carbonyl (C=O) groups is 3. The summed E-state index contributed by atoms with van der Waals surface area (Å²) in [5.41, 5.74) is 2.45. The van der Waals surface area contributed by atoms with Crippen molar-refractivity contribution in [2.45, 2.75) is 4.90 Å². The number of hydrogen-bond donors (Lipinski definition) is 2. The van der Waals surface area contributed by atoms with Crippen LogP contribution in [-0.2, 0) is 4.79 Å². The minimum absolute atomic E-state index is 0.0542. The Morgan fingerprint density at radius 1 is 0.946 bits per heavy atom. The molecule has 1 aromatic heterocycles. The number of nitrogens with one attached hydrogen (secondary N) is 2. The van der Waals surface area contributed by atoms with Gasteiger partial charge in [0.05, 0.1) is 18.4 Å². The molecule has 6 nitrogen and oxygen atoms in total. The number of hydrogen-bond acceptors (Lipinski definition) is 6. The van der Waals surface area contributed by atoms with Gasteiger partial charge in [0.15, 0.2) is 5.78 Å². The summed E-state index contributed by atoms with van der Waals surface area (Å²) in [4.78, 5) is 39.4. The summed E-state index contributed by atoms with van der Waals surface area (Å²) in [5.74, 6) is -0.133. The van der Waals surface area contributed by atoms with Gasteiger partial charge in [-0.2, -0.15) is 11.3 Å². The number of anilines is 1. The smallest absolute Gasteiger partial charge is 0.272 e. The highest BCUT2D eigenvalue weighted by Gasteiger charge is 2.16. The molecule has 186 valence electrons. The van der Waals surface area contributed by atoms with Gasteiger partial charge in [0, 0.05) is 16.1 Å². The van der Waals surface area contributed by atoms with Crippen LogP contribution >= 0.6 is 23.1 Å². The quantitative estimate of drug-likeness (QED) is 0.147. The summed E-state index contributed by atoms with van der Waals surface area (Å²) in [5, 5.41) is 9.36. The summed E-state index contributed by atoms with van der Waals surface area (Å²) in [6.07, 6.45) is 1.64. The molecule has 0 spiro atoms. The van der Waals surface area contributed by atoms with Gasteiger partial charge >= 0.3 is 0 Å². The third-order valence-corrected chi connectivity index (χ3v) is 6.95. The number of ether oxygens (including phenoxy) is 1. The Bertz CT molecular complexity index is 1420. The van der Waals surface area contributed by atoms with Gasteiger partial charge in [-0.15, -0.1) is 11.8 Å². The highest BCUT2D eigenvalue weighted by molar-refractivity contribution is 8.00. The molecule has 8 heteroatoms. The largest absolute Gasteiger partial charge is 0.496 e. The number of thioether (sulfide) groups is 1. The number of para-hydroxylation sites is 1. The second-order valence-electron chi connectivity index (χ2n) is 7.83. The van der Waals surface area contributed by atoms with Crippen molar-refractivity contribution >= 4 is 52.5 Å². The average Bonchev–Trinajstić information content (AvgIpc) is 3.45. The zero-order valence-electron chi connectivity index (χ0n) is 20.0. The van der Waals surface area contributed by atoms with Gasteiger partial charge in [0.2, 0.25) is 0 Å². The van der Waals surface area contributed by atoms with Gasteiger partial charge in [0.25, 0.3) is 11.8 Å². The van der Waals surface area contributed by atoms with Crippen LogP contribution in [0, 0.1) is 0 Å². The Morgan fingerprint density at radius 3 is 2.49 bits per heavy atom. The van der Waals surface area contributed by atoms with Crippen molar-refractivity contribution < 1.29 is 19.1 Å². The van der Waals surface area contributed by atoms with E-state index in [2.05, 4.69) is 10.6 Å². The standard InChI is InChI=1S/C29H24N2O4S2/c1-35-27-13-6-5-12-24(27)26(32)19-37-23-11-7-10-22(17-23)30-29(34)25(16-20-14-15-36-18-20)31-28(33)21-8-3-2-4-9-21/h2-18H,19H2,1H3,(H,30,34)(H,31,33)/b25-16-. The second kappa shape index (κ2) is 12.7. The highest BCUT2D eigenvalue weighted by Crippen LogP contribution is 2.25. The molecule has 0 aliphatic rings. The molecule has 4 rings (SSSR count). The minimum atomic E-state index is -0.456. The van der Waals surface area contributed by atoms with Gasteiger partial charge < -0.3 is 15.4 Å². The molecule has 0 saturated carbocycles. The average molecular weight is 529 g/mol. The monoisotopic (exact) mass is 528 g/mol. The summed E-state index contributed by atoms with van der Waals surface area (Å²) in [6.45, 7) is 0. The molecule has 2 amide bonds. The fourth-order valence-electron chi connectivity index (χ4n) is 3.43. The lowest BCUT2D eigenvalue weighted by Gasteiger charge is -2.12.